The molecule has 0 rings (SSSR count). The molecule has 6 nitrogen and oxygen atoms in total. The first-order chi connectivity index (χ1) is 8.00. The van der Waals surface area contributed by atoms with Crippen LogP contribution in [0.5, 0.6) is 0 Å². The van der Waals surface area contributed by atoms with Crippen molar-refractivity contribution < 1.29 is 23.1 Å². The molecule has 0 fully saturated rings. The summed E-state index contributed by atoms with van der Waals surface area (Å²) >= 11 is 0. The highest BCUT2D eigenvalue weighted by atomic mass is 32.2. The van der Waals surface area contributed by atoms with Crippen LogP contribution in [0.15, 0.2) is 0 Å². The predicted molar refractivity (Wildman–Crippen MR) is 68.0 cm³/mol. The number of carboxylic acids is 1. The van der Waals surface area contributed by atoms with Crippen LogP contribution in [0, 0.1) is 5.92 Å². The van der Waals surface area contributed by atoms with Crippen LogP contribution in [-0.4, -0.2) is 54.4 Å². The van der Waals surface area contributed by atoms with Gasteiger partial charge in [0.05, 0.1) is 0 Å². The number of carbonyl (C=O) groups excluding carboxylic acids is 1. The molecule has 0 bridgehead atoms. The molecule has 0 saturated heterocycles. The van der Waals surface area contributed by atoms with Gasteiger partial charge in [0.15, 0.2) is 15.1 Å². The maximum Gasteiger partial charge on any atom is 0.322 e. The van der Waals surface area contributed by atoms with E-state index in [9.17, 15) is 18.0 Å². The number of rotatable bonds is 6. The second-order valence-electron chi connectivity index (χ2n) is 4.91. The van der Waals surface area contributed by atoms with Gasteiger partial charge in [-0.2, -0.15) is 0 Å². The Hall–Kier alpha value is -1.11. The third-order valence-electron chi connectivity index (χ3n) is 2.73. The van der Waals surface area contributed by atoms with E-state index < -0.39 is 38.6 Å². The lowest BCUT2D eigenvalue weighted by molar-refractivity contribution is -0.137. The van der Waals surface area contributed by atoms with E-state index in [2.05, 4.69) is 0 Å². The fraction of sp³-hybridized carbons (Fsp3) is 0.818. The fourth-order valence-corrected chi connectivity index (χ4v) is 3.37. The van der Waals surface area contributed by atoms with E-state index in [0.717, 1.165) is 0 Å². The summed E-state index contributed by atoms with van der Waals surface area (Å²) < 4.78 is 23.8. The van der Waals surface area contributed by atoms with Gasteiger partial charge >= 0.3 is 5.97 Å². The number of hydrogen-bond acceptors (Lipinski definition) is 4. The summed E-state index contributed by atoms with van der Waals surface area (Å²) in [6, 6.07) is -0.130. The third-order valence-corrected chi connectivity index (χ3v) is 4.90. The van der Waals surface area contributed by atoms with Crippen molar-refractivity contribution in [2.45, 2.75) is 39.0 Å². The summed E-state index contributed by atoms with van der Waals surface area (Å²) in [4.78, 5) is 24.0. The molecule has 0 radical (unpaired) electrons. The lowest BCUT2D eigenvalue weighted by Crippen LogP contribution is -2.43. The molecule has 0 saturated carbocycles. The van der Waals surface area contributed by atoms with Crippen LogP contribution in [0.4, 0.5) is 0 Å². The molecule has 0 aromatic rings. The Kier molecular flexibility index (Phi) is 5.79. The first kappa shape index (κ1) is 16.9. The van der Waals surface area contributed by atoms with E-state index in [1.165, 1.54) is 25.8 Å². The molecular weight excluding hydrogens is 258 g/mol. The van der Waals surface area contributed by atoms with Crippen molar-refractivity contribution in [2.75, 3.05) is 12.8 Å². The summed E-state index contributed by atoms with van der Waals surface area (Å²) in [7, 11) is -2.50. The molecule has 0 spiro atoms. The van der Waals surface area contributed by atoms with Crippen LogP contribution >= 0.6 is 0 Å². The maximum absolute atomic E-state index is 11.9. The number of aliphatic carboxylic acids is 1. The average molecular weight is 279 g/mol. The molecule has 0 aromatic heterocycles. The van der Waals surface area contributed by atoms with Crippen molar-refractivity contribution in [3.05, 3.63) is 0 Å². The number of hydrogen-bond donors (Lipinski definition) is 1. The van der Waals surface area contributed by atoms with Gasteiger partial charge in [-0.15, -0.1) is 0 Å². The van der Waals surface area contributed by atoms with E-state index in [0.29, 0.717) is 0 Å². The minimum Gasteiger partial charge on any atom is -0.480 e. The molecule has 1 unspecified atom stereocenters. The molecule has 0 aromatic carbocycles. The monoisotopic (exact) mass is 279 g/mol. The summed E-state index contributed by atoms with van der Waals surface area (Å²) in [5.41, 5.74) is 0. The second kappa shape index (κ2) is 6.17. The highest BCUT2D eigenvalue weighted by molar-refractivity contribution is 7.93. The summed E-state index contributed by atoms with van der Waals surface area (Å²) in [6.45, 7) is 6.52. The minimum atomic E-state index is -3.99. The number of carbonyl (C=O) groups is 2. The Bertz CT molecular complexity index is 413. The molecule has 1 N–H and O–H groups in total. The van der Waals surface area contributed by atoms with Crippen molar-refractivity contribution in [1.29, 1.82) is 0 Å². The predicted octanol–water partition coefficient (Wildman–Crippen LogP) is 0.377. The quantitative estimate of drug-likeness (QED) is 0.758. The Morgan fingerprint density at radius 1 is 1.17 bits per heavy atom. The van der Waals surface area contributed by atoms with Gasteiger partial charge in [0.1, 0.15) is 5.75 Å². The number of nitrogens with zero attached hydrogens (tertiary/aromatic N) is 1. The summed E-state index contributed by atoms with van der Waals surface area (Å²) in [5, 5.41) is 7.40. The van der Waals surface area contributed by atoms with E-state index in [-0.39, 0.29) is 6.04 Å². The Balaban J connectivity index is 5.06. The molecule has 0 aliphatic carbocycles. The van der Waals surface area contributed by atoms with Crippen molar-refractivity contribution >= 4 is 21.7 Å². The Morgan fingerprint density at radius 2 is 1.61 bits per heavy atom. The van der Waals surface area contributed by atoms with Crippen molar-refractivity contribution in [1.82, 2.24) is 4.90 Å². The zero-order valence-electron chi connectivity index (χ0n) is 11.4. The topological polar surface area (TPSA) is 91.7 Å². The van der Waals surface area contributed by atoms with Gasteiger partial charge in [0.2, 0.25) is 5.91 Å². The Labute approximate surface area is 108 Å². The number of amides is 1. The molecule has 0 aliphatic heterocycles. The highest BCUT2D eigenvalue weighted by Crippen LogP contribution is 2.14. The molecule has 18 heavy (non-hydrogen) atoms. The van der Waals surface area contributed by atoms with Crippen LogP contribution in [0.25, 0.3) is 0 Å². The number of carboxylic acid groups (broad SMARTS) is 1. The van der Waals surface area contributed by atoms with Gasteiger partial charge in [0.25, 0.3) is 0 Å². The number of sulfone groups is 1. The third kappa shape index (κ3) is 4.29. The van der Waals surface area contributed by atoms with Gasteiger partial charge in [-0.05, 0) is 19.8 Å². The SMILES string of the molecule is CC(C)C(C(=O)O)S(=O)(=O)CC(=O)N(C)C(C)C. The average Bonchev–Trinajstić information content (AvgIpc) is 2.12. The van der Waals surface area contributed by atoms with Crippen LogP contribution in [-0.2, 0) is 19.4 Å². The zero-order valence-corrected chi connectivity index (χ0v) is 12.2. The molecule has 106 valence electrons. The van der Waals surface area contributed by atoms with Crippen LogP contribution in [0.2, 0.25) is 0 Å². The molecule has 7 heteroatoms. The van der Waals surface area contributed by atoms with Crippen LogP contribution < -0.4 is 0 Å². The smallest absolute Gasteiger partial charge is 0.322 e. The molecule has 0 heterocycles. The Morgan fingerprint density at radius 3 is 1.89 bits per heavy atom. The normalized spacial score (nSPS) is 13.7. The first-order valence-electron chi connectivity index (χ1n) is 5.70. The maximum atomic E-state index is 11.9. The van der Waals surface area contributed by atoms with Gasteiger partial charge in [-0.1, -0.05) is 13.8 Å². The summed E-state index contributed by atoms with van der Waals surface area (Å²) in [6.07, 6.45) is 0. The van der Waals surface area contributed by atoms with Crippen LogP contribution in [0.3, 0.4) is 0 Å². The first-order valence-corrected chi connectivity index (χ1v) is 7.42. The van der Waals surface area contributed by atoms with Gasteiger partial charge < -0.3 is 10.0 Å². The lowest BCUT2D eigenvalue weighted by atomic mass is 10.1. The largest absolute Gasteiger partial charge is 0.480 e. The zero-order chi connectivity index (χ0) is 14.7. The summed E-state index contributed by atoms with van der Waals surface area (Å²) in [5.74, 6) is -3.34. The van der Waals surface area contributed by atoms with Gasteiger partial charge in [-0.3, -0.25) is 9.59 Å². The van der Waals surface area contributed by atoms with Gasteiger partial charge in [0, 0.05) is 13.1 Å². The lowest BCUT2D eigenvalue weighted by Gasteiger charge is -2.23. The molecule has 1 atom stereocenters. The second-order valence-corrected chi connectivity index (χ2v) is 7.03. The highest BCUT2D eigenvalue weighted by Gasteiger charge is 2.37. The van der Waals surface area contributed by atoms with E-state index in [4.69, 9.17) is 5.11 Å². The standard InChI is InChI=1S/C11H21NO5S/c1-7(2)10(11(14)15)18(16,17)6-9(13)12(5)8(3)4/h7-8,10H,6H2,1-5H3,(H,14,15). The van der Waals surface area contributed by atoms with E-state index >= 15 is 0 Å². The van der Waals surface area contributed by atoms with Crippen molar-refractivity contribution in [3.63, 3.8) is 0 Å². The molecule has 0 aliphatic rings. The molecule has 1 amide bonds. The van der Waals surface area contributed by atoms with E-state index in [1.54, 1.807) is 13.8 Å². The van der Waals surface area contributed by atoms with E-state index in [1.807, 2.05) is 0 Å². The minimum absolute atomic E-state index is 0.130. The van der Waals surface area contributed by atoms with Crippen molar-refractivity contribution in [2.24, 2.45) is 5.92 Å². The van der Waals surface area contributed by atoms with Crippen LogP contribution in [0.1, 0.15) is 27.7 Å². The molecular formula is C11H21NO5S. The fourth-order valence-electron chi connectivity index (χ4n) is 1.51. The van der Waals surface area contributed by atoms with Gasteiger partial charge in [-0.25, -0.2) is 8.42 Å². The van der Waals surface area contributed by atoms with Crippen molar-refractivity contribution in [3.8, 4) is 0 Å².